The third-order valence-corrected chi connectivity index (χ3v) is 3.92. The second kappa shape index (κ2) is 5.67. The van der Waals surface area contributed by atoms with Crippen LogP contribution >= 0.6 is 0 Å². The second-order valence-corrected chi connectivity index (χ2v) is 5.34. The molecular weight excluding hydrogens is 278 g/mol. The van der Waals surface area contributed by atoms with Crippen LogP contribution in [0.4, 0.5) is 5.69 Å². The first-order chi connectivity index (χ1) is 10.6. The van der Waals surface area contributed by atoms with Gasteiger partial charge < -0.3 is 14.7 Å². The number of rotatable bonds is 4. The molecule has 1 aromatic carbocycles. The van der Waals surface area contributed by atoms with Gasteiger partial charge in [-0.1, -0.05) is 19.1 Å². The molecule has 0 aliphatic heterocycles. The molecule has 114 valence electrons. The number of pyridine rings is 1. The Morgan fingerprint density at radius 1 is 1.27 bits per heavy atom. The topological polar surface area (TPSA) is 70.9 Å². The van der Waals surface area contributed by atoms with Crippen LogP contribution in [0.3, 0.4) is 0 Å². The number of para-hydroxylation sites is 2. The molecule has 0 saturated heterocycles. The number of oxazole rings is 1. The summed E-state index contributed by atoms with van der Waals surface area (Å²) in [6.07, 6.45) is 0.881. The van der Waals surface area contributed by atoms with Crippen molar-refractivity contribution in [3.05, 3.63) is 57.3 Å². The molecule has 2 N–H and O–H groups in total. The molecule has 5 heteroatoms. The van der Waals surface area contributed by atoms with Gasteiger partial charge in [-0.05, 0) is 43.5 Å². The van der Waals surface area contributed by atoms with E-state index in [2.05, 4.69) is 22.2 Å². The molecule has 3 rings (SSSR count). The van der Waals surface area contributed by atoms with Crippen molar-refractivity contribution >= 4 is 16.8 Å². The van der Waals surface area contributed by atoms with Crippen molar-refractivity contribution in [1.82, 2.24) is 9.97 Å². The quantitative estimate of drug-likeness (QED) is 0.775. The number of benzene rings is 1. The Morgan fingerprint density at radius 2 is 2.05 bits per heavy atom. The lowest BCUT2D eigenvalue weighted by atomic mass is 10.0. The molecule has 0 amide bonds. The standard InChI is InChI=1S/C17H19N3O2/c1-4-12-10(2)16(17(21)19-11(12)3)18-9-15-20-13-7-5-6-8-14(13)22-15/h5-8,18H,4,9H2,1-3H3,(H,19,21). The fourth-order valence-electron chi connectivity index (χ4n) is 2.81. The molecule has 5 nitrogen and oxygen atoms in total. The summed E-state index contributed by atoms with van der Waals surface area (Å²) in [6, 6.07) is 7.61. The van der Waals surface area contributed by atoms with Crippen molar-refractivity contribution in [2.24, 2.45) is 0 Å². The summed E-state index contributed by atoms with van der Waals surface area (Å²) in [6.45, 7) is 6.36. The van der Waals surface area contributed by atoms with E-state index >= 15 is 0 Å². The van der Waals surface area contributed by atoms with E-state index in [9.17, 15) is 4.79 Å². The Hall–Kier alpha value is -2.56. The zero-order valence-corrected chi connectivity index (χ0v) is 13.0. The Bertz CT molecular complexity index is 844. The smallest absolute Gasteiger partial charge is 0.271 e. The molecule has 0 atom stereocenters. The van der Waals surface area contributed by atoms with Crippen LogP contribution in [-0.4, -0.2) is 9.97 Å². The van der Waals surface area contributed by atoms with Gasteiger partial charge in [0, 0.05) is 5.69 Å². The lowest BCUT2D eigenvalue weighted by Crippen LogP contribution is -2.19. The minimum absolute atomic E-state index is 0.108. The molecule has 0 saturated carbocycles. The Labute approximate surface area is 128 Å². The molecular formula is C17H19N3O2. The van der Waals surface area contributed by atoms with Crippen LogP contribution in [-0.2, 0) is 13.0 Å². The third kappa shape index (κ3) is 2.50. The number of hydrogen-bond acceptors (Lipinski definition) is 4. The van der Waals surface area contributed by atoms with Crippen LogP contribution in [0.2, 0.25) is 0 Å². The highest BCUT2D eigenvalue weighted by Gasteiger charge is 2.12. The number of nitrogens with zero attached hydrogens (tertiary/aromatic N) is 1. The fraction of sp³-hybridized carbons (Fsp3) is 0.294. The molecule has 3 aromatic rings. The highest BCUT2D eigenvalue weighted by molar-refractivity contribution is 5.72. The van der Waals surface area contributed by atoms with Crippen LogP contribution in [0, 0.1) is 13.8 Å². The fourth-order valence-corrected chi connectivity index (χ4v) is 2.81. The molecule has 0 aliphatic carbocycles. The first-order valence-corrected chi connectivity index (χ1v) is 7.40. The van der Waals surface area contributed by atoms with E-state index in [0.29, 0.717) is 18.1 Å². The predicted molar refractivity (Wildman–Crippen MR) is 87.3 cm³/mol. The van der Waals surface area contributed by atoms with Crippen molar-refractivity contribution in [3.8, 4) is 0 Å². The maximum atomic E-state index is 12.2. The van der Waals surface area contributed by atoms with E-state index in [1.54, 1.807) is 0 Å². The van der Waals surface area contributed by atoms with Crippen LogP contribution < -0.4 is 10.9 Å². The van der Waals surface area contributed by atoms with Crippen LogP contribution in [0.15, 0.2) is 33.5 Å². The summed E-state index contributed by atoms with van der Waals surface area (Å²) < 4.78 is 5.66. The van der Waals surface area contributed by atoms with Crippen LogP contribution in [0.1, 0.15) is 29.6 Å². The molecule has 2 heterocycles. The van der Waals surface area contributed by atoms with Gasteiger partial charge in [-0.3, -0.25) is 4.79 Å². The number of hydrogen-bond donors (Lipinski definition) is 2. The summed E-state index contributed by atoms with van der Waals surface area (Å²) in [4.78, 5) is 19.5. The zero-order chi connectivity index (χ0) is 15.7. The van der Waals surface area contributed by atoms with E-state index < -0.39 is 0 Å². The minimum Gasteiger partial charge on any atom is -0.439 e. The number of fused-ring (bicyclic) bond motifs is 1. The van der Waals surface area contributed by atoms with Gasteiger partial charge in [0.1, 0.15) is 11.2 Å². The van der Waals surface area contributed by atoms with Gasteiger partial charge in [-0.2, -0.15) is 0 Å². The van der Waals surface area contributed by atoms with Crippen molar-refractivity contribution in [2.45, 2.75) is 33.7 Å². The molecule has 0 bridgehead atoms. The SMILES string of the molecule is CCc1c(C)[nH]c(=O)c(NCc2nc3ccccc3o2)c1C. The number of H-pyrrole nitrogens is 1. The minimum atomic E-state index is -0.108. The van der Waals surface area contributed by atoms with Gasteiger partial charge in [0.05, 0.1) is 6.54 Å². The average molecular weight is 297 g/mol. The number of aryl methyl sites for hydroxylation is 1. The lowest BCUT2D eigenvalue weighted by molar-refractivity contribution is 0.540. The van der Waals surface area contributed by atoms with Gasteiger partial charge in [0.15, 0.2) is 5.58 Å². The predicted octanol–water partition coefficient (Wildman–Crippen LogP) is 3.31. The highest BCUT2D eigenvalue weighted by Crippen LogP contribution is 2.19. The number of aromatic nitrogens is 2. The van der Waals surface area contributed by atoms with Crippen LogP contribution in [0.5, 0.6) is 0 Å². The summed E-state index contributed by atoms with van der Waals surface area (Å²) in [5.41, 5.74) is 5.14. The molecule has 0 aliphatic rings. The average Bonchev–Trinajstić information content (AvgIpc) is 2.89. The van der Waals surface area contributed by atoms with Crippen LogP contribution in [0.25, 0.3) is 11.1 Å². The Morgan fingerprint density at radius 3 is 2.77 bits per heavy atom. The third-order valence-electron chi connectivity index (χ3n) is 3.92. The molecule has 2 aromatic heterocycles. The maximum absolute atomic E-state index is 12.2. The van der Waals surface area contributed by atoms with E-state index in [-0.39, 0.29) is 5.56 Å². The zero-order valence-electron chi connectivity index (χ0n) is 13.0. The summed E-state index contributed by atoms with van der Waals surface area (Å²) in [5.74, 6) is 0.568. The van der Waals surface area contributed by atoms with Crippen molar-refractivity contribution in [3.63, 3.8) is 0 Å². The second-order valence-electron chi connectivity index (χ2n) is 5.34. The number of anilines is 1. The first-order valence-electron chi connectivity index (χ1n) is 7.40. The summed E-state index contributed by atoms with van der Waals surface area (Å²) in [7, 11) is 0. The number of aromatic amines is 1. The Balaban J connectivity index is 1.89. The summed E-state index contributed by atoms with van der Waals surface area (Å²) >= 11 is 0. The van der Waals surface area contributed by atoms with Crippen molar-refractivity contribution in [1.29, 1.82) is 0 Å². The van der Waals surface area contributed by atoms with Gasteiger partial charge in [-0.15, -0.1) is 0 Å². The van der Waals surface area contributed by atoms with E-state index in [1.165, 1.54) is 5.56 Å². The van der Waals surface area contributed by atoms with E-state index in [0.717, 1.165) is 28.8 Å². The van der Waals surface area contributed by atoms with Gasteiger partial charge in [0.2, 0.25) is 5.89 Å². The largest absolute Gasteiger partial charge is 0.439 e. The van der Waals surface area contributed by atoms with Crippen molar-refractivity contribution in [2.75, 3.05) is 5.32 Å². The van der Waals surface area contributed by atoms with Gasteiger partial charge >= 0.3 is 0 Å². The normalized spacial score (nSPS) is 11.0. The molecule has 0 unspecified atom stereocenters. The highest BCUT2D eigenvalue weighted by atomic mass is 16.3. The van der Waals surface area contributed by atoms with E-state index in [4.69, 9.17) is 4.42 Å². The molecule has 0 radical (unpaired) electrons. The summed E-state index contributed by atoms with van der Waals surface area (Å²) in [5, 5.41) is 3.16. The lowest BCUT2D eigenvalue weighted by Gasteiger charge is -2.13. The first kappa shape index (κ1) is 14.4. The Kier molecular flexibility index (Phi) is 3.71. The monoisotopic (exact) mass is 297 g/mol. The van der Waals surface area contributed by atoms with Gasteiger partial charge in [0.25, 0.3) is 5.56 Å². The number of nitrogens with one attached hydrogen (secondary N) is 2. The van der Waals surface area contributed by atoms with Crippen molar-refractivity contribution < 1.29 is 4.42 Å². The van der Waals surface area contributed by atoms with E-state index in [1.807, 2.05) is 38.1 Å². The maximum Gasteiger partial charge on any atom is 0.271 e. The molecule has 22 heavy (non-hydrogen) atoms. The molecule has 0 fully saturated rings. The van der Waals surface area contributed by atoms with Gasteiger partial charge in [-0.25, -0.2) is 4.98 Å². The molecule has 0 spiro atoms.